The summed E-state index contributed by atoms with van der Waals surface area (Å²) in [5.41, 5.74) is 0. The van der Waals surface area contributed by atoms with Gasteiger partial charge in [-0.3, -0.25) is 4.79 Å². The van der Waals surface area contributed by atoms with Crippen molar-refractivity contribution >= 4 is 17.7 Å². The topological polar surface area (TPSA) is 49.3 Å². The van der Waals surface area contributed by atoms with Gasteiger partial charge >= 0.3 is 5.97 Å². The summed E-state index contributed by atoms with van der Waals surface area (Å²) in [6.45, 7) is 8.75. The maximum Gasteiger partial charge on any atom is 0.307 e. The average molecular weight is 219 g/mol. The third-order valence-corrected chi connectivity index (χ3v) is 3.79. The largest absolute Gasteiger partial charge is 0.481 e. The number of rotatable bonds is 6. The molecule has 3 nitrogen and oxygen atoms in total. The first-order valence-corrected chi connectivity index (χ1v) is 6.04. The molecule has 0 amide bonds. The zero-order valence-electron chi connectivity index (χ0n) is 9.63. The first kappa shape index (κ1) is 13.8. The van der Waals surface area contributed by atoms with Crippen LogP contribution in [-0.4, -0.2) is 34.7 Å². The fourth-order valence-corrected chi connectivity index (χ4v) is 1.10. The summed E-state index contributed by atoms with van der Waals surface area (Å²) in [6.07, 6.45) is 2.06. The Labute approximate surface area is 90.7 Å². The van der Waals surface area contributed by atoms with Gasteiger partial charge in [0.2, 0.25) is 0 Å². The van der Waals surface area contributed by atoms with Gasteiger partial charge in [0.25, 0.3) is 0 Å². The zero-order valence-corrected chi connectivity index (χ0v) is 10.4. The standard InChI is InChI=1S/C10H21NO2S/c1-7(9(12)13)8(2)11-6-10(3,4)14-5/h7-8,11H,6H2,1-5H3,(H,12,13). The Bertz CT molecular complexity index is 195. The normalized spacial score (nSPS) is 16.4. The van der Waals surface area contributed by atoms with Crippen LogP contribution in [0.4, 0.5) is 0 Å². The van der Waals surface area contributed by atoms with Crippen molar-refractivity contribution in [2.24, 2.45) is 5.92 Å². The third-order valence-electron chi connectivity index (χ3n) is 2.54. The second-order valence-corrected chi connectivity index (χ2v) is 5.77. The molecule has 0 radical (unpaired) electrons. The highest BCUT2D eigenvalue weighted by Gasteiger charge is 2.22. The Morgan fingerprint density at radius 2 is 2.00 bits per heavy atom. The molecule has 0 spiro atoms. The van der Waals surface area contributed by atoms with Gasteiger partial charge in [-0.2, -0.15) is 11.8 Å². The van der Waals surface area contributed by atoms with Crippen molar-refractivity contribution in [2.75, 3.05) is 12.8 Å². The summed E-state index contributed by atoms with van der Waals surface area (Å²) in [5, 5.41) is 12.0. The number of thioether (sulfide) groups is 1. The van der Waals surface area contributed by atoms with Crippen molar-refractivity contribution in [3.05, 3.63) is 0 Å². The molecule has 0 aromatic rings. The number of hydrogen-bond acceptors (Lipinski definition) is 3. The van der Waals surface area contributed by atoms with Crippen LogP contribution in [-0.2, 0) is 4.79 Å². The lowest BCUT2D eigenvalue weighted by Gasteiger charge is -2.26. The average Bonchev–Trinajstić information content (AvgIpc) is 2.13. The van der Waals surface area contributed by atoms with Crippen molar-refractivity contribution in [1.82, 2.24) is 5.32 Å². The van der Waals surface area contributed by atoms with E-state index in [1.807, 2.05) is 6.92 Å². The van der Waals surface area contributed by atoms with Gasteiger partial charge < -0.3 is 10.4 Å². The number of hydrogen-bond donors (Lipinski definition) is 2. The van der Waals surface area contributed by atoms with Gasteiger partial charge in [-0.1, -0.05) is 6.92 Å². The number of carbonyl (C=O) groups is 1. The maximum atomic E-state index is 10.7. The minimum absolute atomic E-state index is 0.0129. The zero-order chi connectivity index (χ0) is 11.4. The predicted octanol–water partition coefficient (Wildman–Crippen LogP) is 1.83. The van der Waals surface area contributed by atoms with E-state index in [0.29, 0.717) is 0 Å². The van der Waals surface area contributed by atoms with E-state index in [9.17, 15) is 4.79 Å². The van der Waals surface area contributed by atoms with E-state index in [2.05, 4.69) is 25.4 Å². The minimum atomic E-state index is -0.744. The predicted molar refractivity (Wildman–Crippen MR) is 61.9 cm³/mol. The summed E-state index contributed by atoms with van der Waals surface area (Å²) in [4.78, 5) is 10.7. The van der Waals surface area contributed by atoms with Crippen LogP contribution in [0.2, 0.25) is 0 Å². The Hall–Kier alpha value is -0.220. The lowest BCUT2D eigenvalue weighted by Crippen LogP contribution is -2.42. The van der Waals surface area contributed by atoms with Crippen LogP contribution >= 0.6 is 11.8 Å². The Balaban J connectivity index is 3.96. The molecule has 2 unspecified atom stereocenters. The lowest BCUT2D eigenvalue weighted by molar-refractivity contribution is -0.141. The summed E-state index contributed by atoms with van der Waals surface area (Å²) in [6, 6.07) is 0.0129. The molecule has 0 saturated heterocycles. The van der Waals surface area contributed by atoms with Crippen LogP contribution in [0.15, 0.2) is 0 Å². The third kappa shape index (κ3) is 4.86. The summed E-state index contributed by atoms with van der Waals surface area (Å²) in [5.74, 6) is -1.08. The van der Waals surface area contributed by atoms with E-state index in [1.165, 1.54) is 0 Å². The monoisotopic (exact) mass is 219 g/mol. The quantitative estimate of drug-likeness (QED) is 0.715. The van der Waals surface area contributed by atoms with Gasteiger partial charge in [-0.25, -0.2) is 0 Å². The van der Waals surface area contributed by atoms with Crippen LogP contribution < -0.4 is 5.32 Å². The summed E-state index contributed by atoms with van der Waals surface area (Å²) in [7, 11) is 0. The van der Waals surface area contributed by atoms with Crippen molar-refractivity contribution in [2.45, 2.75) is 38.5 Å². The van der Waals surface area contributed by atoms with Gasteiger partial charge in [0, 0.05) is 17.3 Å². The second-order valence-electron chi connectivity index (χ2n) is 4.26. The minimum Gasteiger partial charge on any atom is -0.481 e. The van der Waals surface area contributed by atoms with Gasteiger partial charge in [0.05, 0.1) is 5.92 Å². The highest BCUT2D eigenvalue weighted by molar-refractivity contribution is 7.99. The molecular formula is C10H21NO2S. The van der Waals surface area contributed by atoms with Crippen LogP contribution in [0.1, 0.15) is 27.7 Å². The molecule has 2 N–H and O–H groups in total. The second kappa shape index (κ2) is 5.61. The molecule has 0 aromatic carbocycles. The molecule has 0 aromatic heterocycles. The number of nitrogens with one attached hydrogen (secondary N) is 1. The molecule has 14 heavy (non-hydrogen) atoms. The van der Waals surface area contributed by atoms with E-state index in [4.69, 9.17) is 5.11 Å². The van der Waals surface area contributed by atoms with Crippen LogP contribution in [0.25, 0.3) is 0 Å². The van der Waals surface area contributed by atoms with E-state index >= 15 is 0 Å². The number of aliphatic carboxylic acids is 1. The molecule has 0 heterocycles. The first-order valence-electron chi connectivity index (χ1n) is 4.81. The summed E-state index contributed by atoms with van der Waals surface area (Å²) < 4.78 is 0.159. The molecule has 0 bridgehead atoms. The van der Waals surface area contributed by atoms with Gasteiger partial charge in [0.15, 0.2) is 0 Å². The van der Waals surface area contributed by atoms with E-state index in [0.717, 1.165) is 6.54 Å². The van der Waals surface area contributed by atoms with Crippen molar-refractivity contribution in [3.8, 4) is 0 Å². The van der Waals surface area contributed by atoms with E-state index in [-0.39, 0.29) is 16.7 Å². The number of carboxylic acids is 1. The molecule has 4 heteroatoms. The SMILES string of the molecule is CSC(C)(C)CNC(C)C(C)C(=O)O. The Morgan fingerprint density at radius 1 is 1.50 bits per heavy atom. The molecule has 2 atom stereocenters. The number of carboxylic acid groups (broad SMARTS) is 1. The molecule has 0 saturated carbocycles. The summed E-state index contributed by atoms with van der Waals surface area (Å²) >= 11 is 1.78. The fraction of sp³-hybridized carbons (Fsp3) is 0.900. The Morgan fingerprint density at radius 3 is 2.36 bits per heavy atom. The highest BCUT2D eigenvalue weighted by atomic mass is 32.2. The molecule has 0 aliphatic carbocycles. The lowest BCUT2D eigenvalue weighted by atomic mass is 10.0. The molecular weight excluding hydrogens is 198 g/mol. The maximum absolute atomic E-state index is 10.7. The van der Waals surface area contributed by atoms with Gasteiger partial charge in [0.1, 0.15) is 0 Å². The van der Waals surface area contributed by atoms with E-state index in [1.54, 1.807) is 18.7 Å². The van der Waals surface area contributed by atoms with E-state index < -0.39 is 5.97 Å². The van der Waals surface area contributed by atoms with Crippen LogP contribution in [0, 0.1) is 5.92 Å². The molecule has 0 aliphatic heterocycles. The van der Waals surface area contributed by atoms with Gasteiger partial charge in [-0.15, -0.1) is 0 Å². The van der Waals surface area contributed by atoms with Gasteiger partial charge in [-0.05, 0) is 27.0 Å². The smallest absolute Gasteiger partial charge is 0.307 e. The molecule has 0 rings (SSSR count). The molecule has 84 valence electrons. The van der Waals surface area contributed by atoms with Crippen molar-refractivity contribution < 1.29 is 9.90 Å². The first-order chi connectivity index (χ1) is 6.30. The van der Waals surface area contributed by atoms with Crippen LogP contribution in [0.5, 0.6) is 0 Å². The molecule has 0 fully saturated rings. The Kier molecular flexibility index (Phi) is 5.52. The molecule has 0 aliphatic rings. The van der Waals surface area contributed by atoms with Crippen molar-refractivity contribution in [3.63, 3.8) is 0 Å². The van der Waals surface area contributed by atoms with Crippen LogP contribution in [0.3, 0.4) is 0 Å². The van der Waals surface area contributed by atoms with Crippen molar-refractivity contribution in [1.29, 1.82) is 0 Å². The fourth-order valence-electron chi connectivity index (χ4n) is 0.870. The highest BCUT2D eigenvalue weighted by Crippen LogP contribution is 2.20.